The topological polar surface area (TPSA) is 146 Å². The van der Waals surface area contributed by atoms with Crippen molar-refractivity contribution in [3.05, 3.63) is 35.4 Å². The van der Waals surface area contributed by atoms with Gasteiger partial charge in [0.2, 0.25) is 18.6 Å². The van der Waals surface area contributed by atoms with Gasteiger partial charge in [0.25, 0.3) is 0 Å². The Labute approximate surface area is 170 Å². The number of nitrogens with one attached hydrogen (secondary N) is 1. The molecule has 0 radical (unpaired) electrons. The number of hydrogen-bond acceptors (Lipinski definition) is 7. The van der Waals surface area contributed by atoms with Gasteiger partial charge in [-0.1, -0.05) is 0 Å². The third-order valence-electron chi connectivity index (χ3n) is 4.99. The maximum atomic E-state index is 12.4. The van der Waals surface area contributed by atoms with Crippen molar-refractivity contribution in [2.24, 2.45) is 0 Å². The molecular weight excluding hydrogens is 396 g/mol. The molecule has 0 saturated carbocycles. The van der Waals surface area contributed by atoms with Gasteiger partial charge in [-0.25, -0.2) is 4.79 Å². The number of carboxylic acid groups (broad SMARTS) is 1. The highest BCUT2D eigenvalue weighted by molar-refractivity contribution is 6.01. The summed E-state index contributed by atoms with van der Waals surface area (Å²) in [6.07, 6.45) is 0.698. The van der Waals surface area contributed by atoms with Crippen molar-refractivity contribution in [1.29, 1.82) is 0 Å². The Balaban J connectivity index is 1.50. The summed E-state index contributed by atoms with van der Waals surface area (Å²) in [4.78, 5) is 37.4. The van der Waals surface area contributed by atoms with Gasteiger partial charge >= 0.3 is 5.97 Å². The highest BCUT2D eigenvalue weighted by Gasteiger charge is 2.28. The first kappa shape index (κ1) is 19.4. The van der Waals surface area contributed by atoms with Crippen molar-refractivity contribution in [3.8, 4) is 23.0 Å². The van der Waals surface area contributed by atoms with E-state index in [1.165, 1.54) is 4.90 Å². The molecule has 2 amide bonds. The number of aryl methyl sites for hydroxylation is 1. The molecule has 0 spiro atoms. The molecule has 10 nitrogen and oxygen atoms in total. The number of aromatic carboxylic acids is 1. The summed E-state index contributed by atoms with van der Waals surface area (Å²) in [7, 11) is 0. The molecule has 4 N–H and O–H groups in total. The van der Waals surface area contributed by atoms with Gasteiger partial charge in [0.05, 0.1) is 5.69 Å². The van der Waals surface area contributed by atoms with Gasteiger partial charge in [-0.3, -0.25) is 9.59 Å². The second kappa shape index (κ2) is 7.47. The Bertz CT molecular complexity index is 1070. The van der Waals surface area contributed by atoms with Crippen LogP contribution in [0.2, 0.25) is 0 Å². The van der Waals surface area contributed by atoms with Crippen LogP contribution in [0.25, 0.3) is 0 Å². The molecule has 0 saturated heterocycles. The van der Waals surface area contributed by atoms with Crippen molar-refractivity contribution in [2.75, 3.05) is 23.6 Å². The van der Waals surface area contributed by atoms with Crippen LogP contribution in [0, 0.1) is 0 Å². The number of amides is 2. The molecule has 0 aliphatic carbocycles. The van der Waals surface area contributed by atoms with E-state index in [1.807, 2.05) is 6.07 Å². The van der Waals surface area contributed by atoms with Crippen LogP contribution in [0.15, 0.2) is 24.3 Å². The van der Waals surface area contributed by atoms with E-state index in [0.717, 1.165) is 17.7 Å². The summed E-state index contributed by atoms with van der Waals surface area (Å²) >= 11 is 0. The summed E-state index contributed by atoms with van der Waals surface area (Å²) in [5.74, 6) is -2.24. The van der Waals surface area contributed by atoms with E-state index in [-0.39, 0.29) is 32.1 Å². The van der Waals surface area contributed by atoms with E-state index in [2.05, 4.69) is 5.32 Å². The molecule has 2 heterocycles. The van der Waals surface area contributed by atoms with Crippen molar-refractivity contribution < 1.29 is 39.2 Å². The number of aromatic hydroxyl groups is 2. The molecule has 2 aliphatic heterocycles. The van der Waals surface area contributed by atoms with Crippen LogP contribution in [0.3, 0.4) is 0 Å². The van der Waals surface area contributed by atoms with E-state index < -0.39 is 34.6 Å². The normalized spacial score (nSPS) is 14.4. The number of hydrogen-bond donors (Lipinski definition) is 4. The standard InChI is InChI=1S/C20H18N2O8/c23-13-3-2-11(20(27)28)19(26)18(13)21-16(24)5-6-22-12-8-15-14(29-9-30-15)7-10(12)1-4-17(22)25/h2-3,7-8,23,26H,1,4-6,9H2,(H,21,24)(H,27,28). The Morgan fingerprint density at radius 3 is 2.57 bits per heavy atom. The van der Waals surface area contributed by atoms with Crippen LogP contribution >= 0.6 is 0 Å². The highest BCUT2D eigenvalue weighted by atomic mass is 16.7. The molecule has 0 bridgehead atoms. The molecule has 0 aromatic heterocycles. The maximum Gasteiger partial charge on any atom is 0.339 e. The summed E-state index contributed by atoms with van der Waals surface area (Å²) in [5.41, 5.74) is 0.693. The Morgan fingerprint density at radius 1 is 1.10 bits per heavy atom. The second-order valence-electron chi connectivity index (χ2n) is 6.84. The first-order valence-electron chi connectivity index (χ1n) is 9.16. The smallest absolute Gasteiger partial charge is 0.339 e. The molecule has 2 aromatic rings. The number of phenolic OH excluding ortho intramolecular Hbond substituents is 1. The van der Waals surface area contributed by atoms with Crippen LogP contribution in [0.4, 0.5) is 11.4 Å². The second-order valence-corrected chi connectivity index (χ2v) is 6.84. The largest absolute Gasteiger partial charge is 0.506 e. The van der Waals surface area contributed by atoms with Gasteiger partial charge in [0.1, 0.15) is 17.0 Å². The number of nitrogens with zero attached hydrogens (tertiary/aromatic N) is 1. The molecular formula is C20H18N2O8. The van der Waals surface area contributed by atoms with Gasteiger partial charge in [-0.2, -0.15) is 0 Å². The summed E-state index contributed by atoms with van der Waals surface area (Å²) in [5, 5.41) is 31.3. The lowest BCUT2D eigenvalue weighted by molar-refractivity contribution is -0.119. The number of fused-ring (bicyclic) bond motifs is 2. The van der Waals surface area contributed by atoms with Gasteiger partial charge in [0, 0.05) is 25.5 Å². The van der Waals surface area contributed by atoms with E-state index in [0.29, 0.717) is 23.6 Å². The monoisotopic (exact) mass is 414 g/mol. The minimum absolute atomic E-state index is 0.0530. The third kappa shape index (κ3) is 3.43. The Hall–Kier alpha value is -3.95. The van der Waals surface area contributed by atoms with Crippen molar-refractivity contribution >= 4 is 29.2 Å². The maximum absolute atomic E-state index is 12.4. The van der Waals surface area contributed by atoms with E-state index in [9.17, 15) is 24.6 Å². The number of benzene rings is 2. The lowest BCUT2D eigenvalue weighted by atomic mass is 10.00. The number of rotatable bonds is 5. The average Bonchev–Trinajstić information content (AvgIpc) is 3.16. The van der Waals surface area contributed by atoms with E-state index in [1.54, 1.807) is 6.07 Å². The predicted molar refractivity (Wildman–Crippen MR) is 103 cm³/mol. The minimum Gasteiger partial charge on any atom is -0.506 e. The van der Waals surface area contributed by atoms with Gasteiger partial charge < -0.3 is 35.0 Å². The lowest BCUT2D eigenvalue weighted by Crippen LogP contribution is -2.37. The minimum atomic E-state index is -1.41. The van der Waals surface area contributed by atoms with Crippen LogP contribution in [-0.2, 0) is 16.0 Å². The first-order valence-corrected chi connectivity index (χ1v) is 9.16. The molecule has 2 aliphatic rings. The quantitative estimate of drug-likeness (QED) is 0.542. The van der Waals surface area contributed by atoms with Crippen molar-refractivity contribution in [1.82, 2.24) is 0 Å². The average molecular weight is 414 g/mol. The van der Waals surface area contributed by atoms with E-state index in [4.69, 9.17) is 14.6 Å². The van der Waals surface area contributed by atoms with Crippen LogP contribution < -0.4 is 19.7 Å². The predicted octanol–water partition coefficient (Wildman–Crippen LogP) is 1.83. The summed E-state index contributed by atoms with van der Waals surface area (Å²) in [6, 6.07) is 5.62. The summed E-state index contributed by atoms with van der Waals surface area (Å²) < 4.78 is 10.7. The SMILES string of the molecule is O=C(CCN1C(=O)CCc2cc3c(cc21)OCO3)Nc1c(O)ccc(C(=O)O)c1O. The fourth-order valence-electron chi connectivity index (χ4n) is 3.47. The number of ether oxygens (including phenoxy) is 2. The molecule has 30 heavy (non-hydrogen) atoms. The van der Waals surface area contributed by atoms with Crippen molar-refractivity contribution in [2.45, 2.75) is 19.3 Å². The fourth-order valence-corrected chi connectivity index (χ4v) is 3.47. The Morgan fingerprint density at radius 2 is 1.83 bits per heavy atom. The molecule has 0 atom stereocenters. The number of phenols is 2. The Kier molecular flexibility index (Phi) is 4.82. The molecule has 0 fully saturated rings. The van der Waals surface area contributed by atoms with Crippen LogP contribution in [-0.4, -0.2) is 46.4 Å². The van der Waals surface area contributed by atoms with Gasteiger partial charge in [0.15, 0.2) is 17.2 Å². The van der Waals surface area contributed by atoms with Crippen LogP contribution in [0.1, 0.15) is 28.8 Å². The fraction of sp³-hybridized carbons (Fsp3) is 0.250. The zero-order chi connectivity index (χ0) is 21.4. The third-order valence-corrected chi connectivity index (χ3v) is 4.99. The number of anilines is 2. The van der Waals surface area contributed by atoms with Crippen molar-refractivity contribution in [3.63, 3.8) is 0 Å². The van der Waals surface area contributed by atoms with E-state index >= 15 is 0 Å². The van der Waals surface area contributed by atoms with Gasteiger partial charge in [-0.05, 0) is 30.2 Å². The van der Waals surface area contributed by atoms with Gasteiger partial charge in [-0.15, -0.1) is 0 Å². The summed E-state index contributed by atoms with van der Waals surface area (Å²) in [6.45, 7) is 0.161. The zero-order valence-corrected chi connectivity index (χ0v) is 15.7. The van der Waals surface area contributed by atoms with Crippen LogP contribution in [0.5, 0.6) is 23.0 Å². The number of carbonyl (C=O) groups excluding carboxylic acids is 2. The highest BCUT2D eigenvalue weighted by Crippen LogP contribution is 2.41. The molecule has 156 valence electrons. The number of carboxylic acids is 1. The molecule has 0 unspecified atom stereocenters. The lowest BCUT2D eigenvalue weighted by Gasteiger charge is -2.29. The molecule has 10 heteroatoms. The first-order chi connectivity index (χ1) is 14.3. The number of carbonyl (C=O) groups is 3. The zero-order valence-electron chi connectivity index (χ0n) is 15.7. The molecule has 2 aromatic carbocycles. The molecule has 4 rings (SSSR count).